The van der Waals surface area contributed by atoms with Crippen LogP contribution in [0.3, 0.4) is 0 Å². The van der Waals surface area contributed by atoms with Crippen LogP contribution >= 0.6 is 11.8 Å². The molecular weight excluding hydrogens is 356 g/mol. The average molecular weight is 379 g/mol. The van der Waals surface area contributed by atoms with Crippen molar-refractivity contribution in [3.63, 3.8) is 0 Å². The maximum atomic E-state index is 12.2. The van der Waals surface area contributed by atoms with Crippen LogP contribution in [0.4, 0.5) is 0 Å². The smallest absolute Gasteiger partial charge is 0.251 e. The van der Waals surface area contributed by atoms with Gasteiger partial charge in [0.2, 0.25) is 10.0 Å². The second kappa shape index (κ2) is 9.03. The molecule has 0 aliphatic heterocycles. The van der Waals surface area contributed by atoms with Gasteiger partial charge >= 0.3 is 0 Å². The molecule has 0 heterocycles. The standard InChI is InChI=1S/C18H22N2O3S2/c1-14-6-3-4-7-16(14)13-24-11-10-20-18(21)15-8-5-9-17(12-15)25(22,23)19-2/h3-9,12,19H,10-11,13H2,1-2H3,(H,20,21). The molecule has 2 aromatic rings. The molecule has 0 radical (unpaired) electrons. The van der Waals surface area contributed by atoms with Gasteiger partial charge in [0.25, 0.3) is 5.91 Å². The van der Waals surface area contributed by atoms with Crippen molar-refractivity contribution in [3.05, 3.63) is 65.2 Å². The van der Waals surface area contributed by atoms with Crippen molar-refractivity contribution in [1.82, 2.24) is 10.0 Å². The summed E-state index contributed by atoms with van der Waals surface area (Å²) in [5.41, 5.74) is 2.89. The van der Waals surface area contributed by atoms with E-state index in [1.807, 2.05) is 12.1 Å². The van der Waals surface area contributed by atoms with E-state index < -0.39 is 10.0 Å². The normalized spacial score (nSPS) is 11.3. The van der Waals surface area contributed by atoms with Crippen molar-refractivity contribution in [2.45, 2.75) is 17.6 Å². The van der Waals surface area contributed by atoms with Gasteiger partial charge in [0.15, 0.2) is 0 Å². The van der Waals surface area contributed by atoms with Gasteiger partial charge < -0.3 is 5.32 Å². The summed E-state index contributed by atoms with van der Waals surface area (Å²) in [6, 6.07) is 14.2. The molecule has 5 nitrogen and oxygen atoms in total. The Balaban J connectivity index is 1.83. The largest absolute Gasteiger partial charge is 0.351 e. The highest BCUT2D eigenvalue weighted by atomic mass is 32.2. The van der Waals surface area contributed by atoms with Crippen LogP contribution in [0.1, 0.15) is 21.5 Å². The van der Waals surface area contributed by atoms with E-state index in [1.165, 1.54) is 30.3 Å². The van der Waals surface area contributed by atoms with E-state index in [-0.39, 0.29) is 10.8 Å². The van der Waals surface area contributed by atoms with Crippen LogP contribution in [0.25, 0.3) is 0 Å². The molecule has 2 N–H and O–H groups in total. The summed E-state index contributed by atoms with van der Waals surface area (Å²) in [4.78, 5) is 12.2. The Bertz CT molecular complexity index is 836. The van der Waals surface area contributed by atoms with Crippen molar-refractivity contribution in [1.29, 1.82) is 0 Å². The van der Waals surface area contributed by atoms with E-state index in [0.29, 0.717) is 12.1 Å². The predicted octanol–water partition coefficient (Wildman–Crippen LogP) is 2.57. The molecule has 1 amide bonds. The summed E-state index contributed by atoms with van der Waals surface area (Å²) in [5, 5.41) is 2.82. The molecule has 0 aliphatic rings. The Kier molecular flexibility index (Phi) is 7.04. The lowest BCUT2D eigenvalue weighted by atomic mass is 10.1. The van der Waals surface area contributed by atoms with Gasteiger partial charge in [0.1, 0.15) is 0 Å². The zero-order chi connectivity index (χ0) is 18.3. The van der Waals surface area contributed by atoms with Crippen LogP contribution in [0, 0.1) is 6.92 Å². The van der Waals surface area contributed by atoms with Crippen LogP contribution in [0.2, 0.25) is 0 Å². The number of sulfonamides is 1. The molecule has 0 aromatic heterocycles. The highest BCUT2D eigenvalue weighted by Crippen LogP contribution is 2.15. The molecule has 0 saturated carbocycles. The van der Waals surface area contributed by atoms with Crippen LogP contribution in [-0.4, -0.2) is 33.7 Å². The lowest BCUT2D eigenvalue weighted by molar-refractivity contribution is 0.0956. The minimum atomic E-state index is -3.55. The fourth-order valence-electron chi connectivity index (χ4n) is 2.22. The number of hydrogen-bond donors (Lipinski definition) is 2. The highest BCUT2D eigenvalue weighted by molar-refractivity contribution is 7.98. The van der Waals surface area contributed by atoms with Crippen LogP contribution in [-0.2, 0) is 15.8 Å². The first kappa shape index (κ1) is 19.5. The molecule has 2 rings (SSSR count). The summed E-state index contributed by atoms with van der Waals surface area (Å²) >= 11 is 1.75. The molecule has 25 heavy (non-hydrogen) atoms. The number of nitrogens with one attached hydrogen (secondary N) is 2. The van der Waals surface area contributed by atoms with E-state index >= 15 is 0 Å². The van der Waals surface area contributed by atoms with E-state index in [4.69, 9.17) is 0 Å². The van der Waals surface area contributed by atoms with E-state index in [9.17, 15) is 13.2 Å². The van der Waals surface area contributed by atoms with Gasteiger partial charge in [-0.25, -0.2) is 13.1 Å². The summed E-state index contributed by atoms with van der Waals surface area (Å²) in [7, 11) is -2.21. The number of aryl methyl sites for hydroxylation is 1. The van der Waals surface area contributed by atoms with Crippen molar-refractivity contribution < 1.29 is 13.2 Å². The number of benzene rings is 2. The Hall–Kier alpha value is -1.83. The van der Waals surface area contributed by atoms with Gasteiger partial charge in [-0.1, -0.05) is 30.3 Å². The zero-order valence-electron chi connectivity index (χ0n) is 14.3. The molecule has 0 unspecified atom stereocenters. The first-order chi connectivity index (χ1) is 11.9. The number of hydrogen-bond acceptors (Lipinski definition) is 4. The summed E-state index contributed by atoms with van der Waals surface area (Å²) in [5.74, 6) is 1.41. The molecule has 2 aromatic carbocycles. The Labute approximate surface area is 153 Å². The van der Waals surface area contributed by atoms with Crippen LogP contribution in [0.15, 0.2) is 53.4 Å². The number of carbonyl (C=O) groups excluding carboxylic acids is 1. The van der Waals surface area contributed by atoms with Gasteiger partial charge in [-0.05, 0) is 43.3 Å². The van der Waals surface area contributed by atoms with Gasteiger partial charge in [-0.2, -0.15) is 11.8 Å². The molecule has 0 fully saturated rings. The molecule has 7 heteroatoms. The molecule has 134 valence electrons. The van der Waals surface area contributed by atoms with Crippen molar-refractivity contribution >= 4 is 27.7 Å². The minimum absolute atomic E-state index is 0.0802. The molecule has 0 saturated heterocycles. The van der Waals surface area contributed by atoms with Gasteiger partial charge in [-0.3, -0.25) is 4.79 Å². The minimum Gasteiger partial charge on any atom is -0.351 e. The SMILES string of the molecule is CNS(=O)(=O)c1cccc(C(=O)NCCSCc2ccccc2C)c1. The molecule has 0 bridgehead atoms. The fraction of sp³-hybridized carbons (Fsp3) is 0.278. The molecule has 0 aliphatic carbocycles. The number of rotatable bonds is 8. The summed E-state index contributed by atoms with van der Waals surface area (Å²) in [6.45, 7) is 2.61. The Morgan fingerprint density at radius 1 is 1.12 bits per heavy atom. The van der Waals surface area contributed by atoms with Crippen molar-refractivity contribution in [2.75, 3.05) is 19.3 Å². The number of carbonyl (C=O) groups is 1. The lowest BCUT2D eigenvalue weighted by Crippen LogP contribution is -2.26. The Morgan fingerprint density at radius 3 is 2.60 bits per heavy atom. The maximum Gasteiger partial charge on any atom is 0.251 e. The van der Waals surface area contributed by atoms with E-state index in [2.05, 4.69) is 29.1 Å². The fourth-order valence-corrected chi connectivity index (χ4v) is 3.93. The zero-order valence-corrected chi connectivity index (χ0v) is 15.9. The summed E-state index contributed by atoms with van der Waals surface area (Å²) < 4.78 is 25.8. The summed E-state index contributed by atoms with van der Waals surface area (Å²) in [6.07, 6.45) is 0. The number of amides is 1. The van der Waals surface area contributed by atoms with Crippen LogP contribution in [0.5, 0.6) is 0 Å². The van der Waals surface area contributed by atoms with Gasteiger partial charge in [0.05, 0.1) is 4.90 Å². The van der Waals surface area contributed by atoms with Gasteiger partial charge in [0, 0.05) is 23.6 Å². The first-order valence-electron chi connectivity index (χ1n) is 7.88. The quantitative estimate of drug-likeness (QED) is 0.692. The van der Waals surface area contributed by atoms with E-state index in [1.54, 1.807) is 23.9 Å². The topological polar surface area (TPSA) is 75.3 Å². The van der Waals surface area contributed by atoms with Crippen molar-refractivity contribution in [2.24, 2.45) is 0 Å². The second-order valence-electron chi connectivity index (χ2n) is 5.47. The first-order valence-corrected chi connectivity index (χ1v) is 10.5. The van der Waals surface area contributed by atoms with Crippen molar-refractivity contribution in [3.8, 4) is 0 Å². The third kappa shape index (κ3) is 5.59. The second-order valence-corrected chi connectivity index (χ2v) is 8.46. The lowest BCUT2D eigenvalue weighted by Gasteiger charge is -2.08. The molecular formula is C18H22N2O3S2. The monoisotopic (exact) mass is 378 g/mol. The molecule has 0 atom stereocenters. The molecule has 0 spiro atoms. The third-order valence-electron chi connectivity index (χ3n) is 3.73. The highest BCUT2D eigenvalue weighted by Gasteiger charge is 2.14. The maximum absolute atomic E-state index is 12.2. The Morgan fingerprint density at radius 2 is 1.88 bits per heavy atom. The predicted molar refractivity (Wildman–Crippen MR) is 102 cm³/mol. The van der Waals surface area contributed by atoms with Gasteiger partial charge in [-0.15, -0.1) is 0 Å². The average Bonchev–Trinajstić information content (AvgIpc) is 2.63. The van der Waals surface area contributed by atoms with Crippen LogP contribution < -0.4 is 10.0 Å². The number of thioether (sulfide) groups is 1. The third-order valence-corrected chi connectivity index (χ3v) is 6.15. The van der Waals surface area contributed by atoms with E-state index in [0.717, 1.165) is 11.5 Å².